The van der Waals surface area contributed by atoms with Crippen molar-refractivity contribution in [1.82, 2.24) is 0 Å². The Morgan fingerprint density at radius 3 is 2.12 bits per heavy atom. The van der Waals surface area contributed by atoms with Crippen LogP contribution < -0.4 is 0 Å². The number of hydrogen-bond donors (Lipinski definition) is 3. The van der Waals surface area contributed by atoms with Gasteiger partial charge in [-0.3, -0.25) is 0 Å². The highest BCUT2D eigenvalue weighted by atomic mass is 16.5. The zero-order valence-electron chi connectivity index (χ0n) is 13.7. The van der Waals surface area contributed by atoms with Crippen LogP contribution in [-0.2, 0) is 16.1 Å². The Morgan fingerprint density at radius 1 is 0.960 bits per heavy atom. The third kappa shape index (κ3) is 6.62. The van der Waals surface area contributed by atoms with Crippen molar-refractivity contribution in [3.63, 3.8) is 0 Å². The molecular formula is C18H20O7. The first-order chi connectivity index (χ1) is 12.0. The Balaban J connectivity index is 0.000000257. The number of para-hydroxylation sites is 1. The van der Waals surface area contributed by atoms with E-state index in [4.69, 9.17) is 20.1 Å². The average Bonchev–Trinajstić information content (AvgIpc) is 2.66. The van der Waals surface area contributed by atoms with Gasteiger partial charge in [0.25, 0.3) is 0 Å². The standard InChI is InChI=1S/C10H12O4.C8H8O3/c11-5-6-14-10(13)9-3-1-8(7-12)2-4-9;1-11-8(10)6-4-2-3-5-7(6)9/h1-4,11-12H,5-7H2;2-5,9H,1H3. The number of ether oxygens (including phenoxy) is 2. The van der Waals surface area contributed by atoms with Crippen molar-refractivity contribution >= 4 is 11.9 Å². The van der Waals surface area contributed by atoms with E-state index in [1.54, 1.807) is 36.4 Å². The molecule has 3 N–H and O–H groups in total. The number of carbonyl (C=O) groups is 2. The molecule has 0 aliphatic heterocycles. The summed E-state index contributed by atoms with van der Waals surface area (Å²) in [6.45, 7) is -0.229. The number of esters is 2. The monoisotopic (exact) mass is 348 g/mol. The van der Waals surface area contributed by atoms with Crippen molar-refractivity contribution in [2.45, 2.75) is 6.61 Å². The number of phenolic OH excluding ortho intramolecular Hbond substituents is 1. The maximum atomic E-state index is 11.2. The van der Waals surface area contributed by atoms with Crippen LogP contribution in [0.3, 0.4) is 0 Å². The number of benzene rings is 2. The van der Waals surface area contributed by atoms with E-state index < -0.39 is 11.9 Å². The van der Waals surface area contributed by atoms with E-state index in [1.165, 1.54) is 19.2 Å². The van der Waals surface area contributed by atoms with E-state index in [2.05, 4.69) is 4.74 Å². The van der Waals surface area contributed by atoms with Crippen LogP contribution in [-0.4, -0.2) is 47.6 Å². The van der Waals surface area contributed by atoms with Crippen LogP contribution in [0.15, 0.2) is 48.5 Å². The number of rotatable bonds is 5. The molecule has 0 amide bonds. The molecule has 0 spiro atoms. The van der Waals surface area contributed by atoms with Crippen LogP contribution in [0.5, 0.6) is 5.75 Å². The highest BCUT2D eigenvalue weighted by molar-refractivity contribution is 5.92. The summed E-state index contributed by atoms with van der Waals surface area (Å²) in [7, 11) is 1.27. The van der Waals surface area contributed by atoms with E-state index in [-0.39, 0.29) is 31.1 Å². The fourth-order valence-electron chi connectivity index (χ4n) is 1.72. The van der Waals surface area contributed by atoms with Gasteiger partial charge in [0.2, 0.25) is 0 Å². The van der Waals surface area contributed by atoms with Crippen molar-refractivity contribution in [3.05, 3.63) is 65.2 Å². The van der Waals surface area contributed by atoms with Gasteiger partial charge in [0.1, 0.15) is 17.9 Å². The molecule has 2 aromatic rings. The molecule has 0 bridgehead atoms. The third-order valence-electron chi connectivity index (χ3n) is 3.01. The van der Waals surface area contributed by atoms with Crippen molar-refractivity contribution < 1.29 is 34.4 Å². The molecule has 0 radical (unpaired) electrons. The highest BCUT2D eigenvalue weighted by Crippen LogP contribution is 2.15. The van der Waals surface area contributed by atoms with Gasteiger partial charge in [0.05, 0.1) is 25.9 Å². The summed E-state index contributed by atoms with van der Waals surface area (Å²) in [6.07, 6.45) is 0. The largest absolute Gasteiger partial charge is 0.507 e. The topological polar surface area (TPSA) is 113 Å². The summed E-state index contributed by atoms with van der Waals surface area (Å²) in [5, 5.41) is 26.3. The van der Waals surface area contributed by atoms with Crippen molar-refractivity contribution in [1.29, 1.82) is 0 Å². The lowest BCUT2D eigenvalue weighted by atomic mass is 10.1. The minimum absolute atomic E-state index is 0.000580. The second-order valence-electron chi connectivity index (χ2n) is 4.72. The summed E-state index contributed by atoms with van der Waals surface area (Å²) in [5.41, 5.74) is 1.34. The Labute approximate surface area is 145 Å². The lowest BCUT2D eigenvalue weighted by Gasteiger charge is -2.02. The number of phenols is 1. The van der Waals surface area contributed by atoms with E-state index in [0.717, 1.165) is 5.56 Å². The number of aliphatic hydroxyl groups excluding tert-OH is 2. The van der Waals surface area contributed by atoms with E-state index in [9.17, 15) is 9.59 Å². The Bertz CT molecular complexity index is 680. The Morgan fingerprint density at radius 2 is 1.60 bits per heavy atom. The van der Waals surface area contributed by atoms with E-state index >= 15 is 0 Å². The first-order valence-electron chi connectivity index (χ1n) is 7.37. The second-order valence-corrected chi connectivity index (χ2v) is 4.72. The molecule has 7 heteroatoms. The smallest absolute Gasteiger partial charge is 0.341 e. The highest BCUT2D eigenvalue weighted by Gasteiger charge is 2.08. The van der Waals surface area contributed by atoms with Gasteiger partial charge in [-0.1, -0.05) is 24.3 Å². The van der Waals surface area contributed by atoms with Crippen LogP contribution in [0.25, 0.3) is 0 Å². The molecule has 0 saturated heterocycles. The predicted molar refractivity (Wildman–Crippen MR) is 89.2 cm³/mol. The van der Waals surface area contributed by atoms with E-state index in [1.807, 2.05) is 0 Å². The molecule has 2 rings (SSSR count). The molecule has 0 fully saturated rings. The molecule has 0 aromatic heterocycles. The SMILES string of the molecule is COC(=O)c1ccccc1O.O=C(OCCO)c1ccc(CO)cc1. The maximum Gasteiger partial charge on any atom is 0.341 e. The second kappa shape index (κ2) is 10.8. The maximum absolute atomic E-state index is 11.2. The fourth-order valence-corrected chi connectivity index (χ4v) is 1.72. The quantitative estimate of drug-likeness (QED) is 0.702. The minimum atomic E-state index is -0.525. The van der Waals surface area contributed by atoms with Crippen molar-refractivity contribution in [3.8, 4) is 5.75 Å². The molecule has 0 atom stereocenters. The van der Waals surface area contributed by atoms with Gasteiger partial charge >= 0.3 is 11.9 Å². The van der Waals surface area contributed by atoms with Gasteiger partial charge in [0.15, 0.2) is 0 Å². The zero-order chi connectivity index (χ0) is 18.7. The summed E-state index contributed by atoms with van der Waals surface area (Å²) in [6, 6.07) is 12.7. The van der Waals surface area contributed by atoms with Crippen LogP contribution in [0, 0.1) is 0 Å². The summed E-state index contributed by atoms with van der Waals surface area (Å²) < 4.78 is 9.12. The summed E-state index contributed by atoms with van der Waals surface area (Å²) >= 11 is 0. The number of methoxy groups -OCH3 is 1. The van der Waals surface area contributed by atoms with Gasteiger partial charge < -0.3 is 24.8 Å². The minimum Gasteiger partial charge on any atom is -0.507 e. The first kappa shape index (κ1) is 20.1. The van der Waals surface area contributed by atoms with Gasteiger partial charge in [-0.25, -0.2) is 9.59 Å². The zero-order valence-corrected chi connectivity index (χ0v) is 13.7. The number of hydrogen-bond acceptors (Lipinski definition) is 7. The molecule has 0 unspecified atom stereocenters. The summed E-state index contributed by atoms with van der Waals surface area (Å²) in [5.74, 6) is -1.05. The molecule has 25 heavy (non-hydrogen) atoms. The molecule has 0 saturated carbocycles. The normalized spacial score (nSPS) is 9.56. The van der Waals surface area contributed by atoms with E-state index in [0.29, 0.717) is 5.56 Å². The van der Waals surface area contributed by atoms with Crippen molar-refractivity contribution in [2.24, 2.45) is 0 Å². The van der Waals surface area contributed by atoms with Crippen LogP contribution in [0.2, 0.25) is 0 Å². The van der Waals surface area contributed by atoms with Crippen LogP contribution in [0.1, 0.15) is 26.3 Å². The molecule has 0 aliphatic carbocycles. The number of aliphatic hydroxyl groups is 2. The molecule has 7 nitrogen and oxygen atoms in total. The van der Waals surface area contributed by atoms with Gasteiger partial charge in [-0.05, 0) is 29.8 Å². The van der Waals surface area contributed by atoms with Crippen LogP contribution in [0.4, 0.5) is 0 Å². The molecule has 2 aromatic carbocycles. The molecular weight excluding hydrogens is 328 g/mol. The van der Waals surface area contributed by atoms with Gasteiger partial charge in [-0.15, -0.1) is 0 Å². The number of carbonyl (C=O) groups excluding carboxylic acids is 2. The van der Waals surface area contributed by atoms with Gasteiger partial charge in [-0.2, -0.15) is 0 Å². The Hall–Kier alpha value is -2.90. The lowest BCUT2D eigenvalue weighted by Crippen LogP contribution is -2.08. The van der Waals surface area contributed by atoms with Crippen LogP contribution >= 0.6 is 0 Å². The molecule has 134 valence electrons. The Kier molecular flexibility index (Phi) is 8.70. The first-order valence-corrected chi connectivity index (χ1v) is 7.37. The summed E-state index contributed by atoms with van der Waals surface area (Å²) in [4.78, 5) is 22.1. The number of aromatic hydroxyl groups is 1. The molecule has 0 aliphatic rings. The predicted octanol–water partition coefficient (Wildman–Crippen LogP) is 1.51. The average molecular weight is 348 g/mol. The lowest BCUT2D eigenvalue weighted by molar-refractivity contribution is 0.0433. The third-order valence-corrected chi connectivity index (χ3v) is 3.01. The van der Waals surface area contributed by atoms with Crippen molar-refractivity contribution in [2.75, 3.05) is 20.3 Å². The van der Waals surface area contributed by atoms with Gasteiger partial charge in [0, 0.05) is 0 Å². The molecule has 0 heterocycles. The fraction of sp³-hybridized carbons (Fsp3) is 0.222.